The molecule has 6 rings (SSSR count). The minimum Gasteiger partial charge on any atom is -0.481 e. The lowest BCUT2D eigenvalue weighted by molar-refractivity contribution is -0.204. The number of amides is 1. The van der Waals surface area contributed by atoms with Crippen LogP contribution in [0.25, 0.3) is 0 Å². The maximum atomic E-state index is 14.5. The molecule has 316 valence electrons. The van der Waals surface area contributed by atoms with E-state index in [1.807, 2.05) is 0 Å². The SMILES string of the molecule is CC1(C)CC[C@]2(C(=O)NCCCCCCCCCCC(=O)O)CC[C@]3(C)C(=CC[C@@H]4[C@@]5(C)CC[C@H](OC(=O)c6ccccc6C(=O)O)C(C)(C)[C@@H]5CC[C@]43C)[C@@H]2C1. The summed E-state index contributed by atoms with van der Waals surface area (Å²) in [5.74, 6) is -1.00. The summed E-state index contributed by atoms with van der Waals surface area (Å²) in [4.78, 5) is 50.6. The van der Waals surface area contributed by atoms with Gasteiger partial charge in [0.2, 0.25) is 5.91 Å². The van der Waals surface area contributed by atoms with E-state index in [4.69, 9.17) is 9.84 Å². The van der Waals surface area contributed by atoms with Gasteiger partial charge in [0.05, 0.1) is 16.5 Å². The summed E-state index contributed by atoms with van der Waals surface area (Å²) in [6, 6.07) is 6.35. The highest BCUT2D eigenvalue weighted by molar-refractivity contribution is 6.02. The molecule has 0 spiro atoms. The maximum Gasteiger partial charge on any atom is 0.339 e. The number of carboxylic acids is 2. The second kappa shape index (κ2) is 16.5. The molecule has 1 aromatic carbocycles. The molecule has 0 bridgehead atoms. The van der Waals surface area contributed by atoms with Gasteiger partial charge in [0, 0.05) is 18.4 Å². The van der Waals surface area contributed by atoms with Gasteiger partial charge in [-0.3, -0.25) is 9.59 Å². The Morgan fingerprint density at radius 3 is 2.04 bits per heavy atom. The number of ether oxygens (including phenoxy) is 1. The van der Waals surface area contributed by atoms with Crippen molar-refractivity contribution in [3.8, 4) is 0 Å². The molecule has 1 aromatic rings. The Bertz CT molecular complexity index is 1710. The van der Waals surface area contributed by atoms with Crippen molar-refractivity contribution in [3.05, 3.63) is 47.0 Å². The average Bonchev–Trinajstić information content (AvgIpc) is 3.14. The molecule has 0 aliphatic heterocycles. The zero-order chi connectivity index (χ0) is 41.4. The molecule has 0 radical (unpaired) electrons. The van der Waals surface area contributed by atoms with E-state index in [-0.39, 0.29) is 68.0 Å². The number of aliphatic carboxylic acids is 1. The number of carbonyl (C=O) groups excluding carboxylic acids is 2. The standard InChI is InChI=1S/C49H73NO7/c1-44(2)27-29-49(43(56)50-31-17-13-11-9-8-10-12-14-20-40(51)52)30-28-47(6)35(36(49)32-44)21-22-38-46(5)25-24-39(45(3,4)37(46)23-26-48(38,47)7)57-42(55)34-19-16-15-18-33(34)41(53)54/h15-16,18-19,21,36-39H,8-14,17,20,22-32H2,1-7H3,(H,50,56)(H,51,52)(H,53,54)/t36-,37-,38+,39-,46-,47+,48+,49-/m0/s1. The van der Waals surface area contributed by atoms with Crippen molar-refractivity contribution in [2.75, 3.05) is 6.54 Å². The lowest BCUT2D eigenvalue weighted by atomic mass is 9.33. The van der Waals surface area contributed by atoms with Crippen LogP contribution in [-0.2, 0) is 14.3 Å². The summed E-state index contributed by atoms with van der Waals surface area (Å²) in [6.45, 7) is 17.8. The van der Waals surface area contributed by atoms with Crippen LogP contribution in [0.3, 0.4) is 0 Å². The van der Waals surface area contributed by atoms with E-state index in [2.05, 4.69) is 59.9 Å². The molecule has 0 aromatic heterocycles. The Labute approximate surface area is 342 Å². The molecule has 1 amide bonds. The van der Waals surface area contributed by atoms with Crippen molar-refractivity contribution in [2.24, 2.45) is 50.2 Å². The third kappa shape index (κ3) is 7.98. The molecule has 0 saturated heterocycles. The second-order valence-corrected chi connectivity index (χ2v) is 21.2. The first-order chi connectivity index (χ1) is 26.8. The monoisotopic (exact) mass is 788 g/mol. The van der Waals surface area contributed by atoms with Crippen LogP contribution in [0.1, 0.15) is 191 Å². The molecular formula is C49H73NO7. The Balaban J connectivity index is 1.14. The van der Waals surface area contributed by atoms with Gasteiger partial charge in [-0.05, 0) is 129 Å². The zero-order valence-corrected chi connectivity index (χ0v) is 36.3. The summed E-state index contributed by atoms with van der Waals surface area (Å²) in [7, 11) is 0. The largest absolute Gasteiger partial charge is 0.481 e. The lowest BCUT2D eigenvalue weighted by Gasteiger charge is -2.71. The quantitative estimate of drug-likeness (QED) is 0.0916. The summed E-state index contributed by atoms with van der Waals surface area (Å²) in [5.41, 5.74) is 1.39. The Kier molecular flexibility index (Phi) is 12.5. The topological polar surface area (TPSA) is 130 Å². The van der Waals surface area contributed by atoms with Gasteiger partial charge in [-0.2, -0.15) is 0 Å². The molecule has 5 aliphatic carbocycles. The number of nitrogens with one attached hydrogen (secondary N) is 1. The first-order valence-corrected chi connectivity index (χ1v) is 22.6. The highest BCUT2D eigenvalue weighted by Crippen LogP contribution is 2.76. The number of esters is 1. The third-order valence-corrected chi connectivity index (χ3v) is 17.3. The predicted molar refractivity (Wildman–Crippen MR) is 224 cm³/mol. The van der Waals surface area contributed by atoms with E-state index in [0.717, 1.165) is 116 Å². The van der Waals surface area contributed by atoms with Gasteiger partial charge in [0.1, 0.15) is 6.10 Å². The van der Waals surface area contributed by atoms with Crippen LogP contribution in [0.2, 0.25) is 0 Å². The number of aromatic carboxylic acids is 1. The van der Waals surface area contributed by atoms with Gasteiger partial charge < -0.3 is 20.3 Å². The number of allylic oxidation sites excluding steroid dienone is 2. The fourth-order valence-corrected chi connectivity index (χ4v) is 13.7. The van der Waals surface area contributed by atoms with Gasteiger partial charge >= 0.3 is 17.9 Å². The smallest absolute Gasteiger partial charge is 0.339 e. The van der Waals surface area contributed by atoms with Gasteiger partial charge in [0.25, 0.3) is 0 Å². The predicted octanol–water partition coefficient (Wildman–Crippen LogP) is 11.4. The van der Waals surface area contributed by atoms with Gasteiger partial charge in [0.15, 0.2) is 0 Å². The maximum absolute atomic E-state index is 14.5. The minimum atomic E-state index is -1.12. The molecule has 8 atom stereocenters. The van der Waals surface area contributed by atoms with Crippen LogP contribution < -0.4 is 5.32 Å². The van der Waals surface area contributed by atoms with Crippen LogP contribution in [0.4, 0.5) is 0 Å². The molecule has 4 saturated carbocycles. The number of fused-ring (bicyclic) bond motifs is 7. The summed E-state index contributed by atoms with van der Waals surface area (Å²) in [6.07, 6.45) is 21.0. The van der Waals surface area contributed by atoms with Crippen LogP contribution in [0.5, 0.6) is 0 Å². The van der Waals surface area contributed by atoms with Crippen LogP contribution in [-0.4, -0.2) is 46.7 Å². The Morgan fingerprint density at radius 1 is 0.737 bits per heavy atom. The molecule has 0 unspecified atom stereocenters. The van der Waals surface area contributed by atoms with Crippen LogP contribution in [0, 0.1) is 50.2 Å². The second-order valence-electron chi connectivity index (χ2n) is 21.2. The number of rotatable bonds is 15. The van der Waals surface area contributed by atoms with E-state index in [1.165, 1.54) is 12.5 Å². The van der Waals surface area contributed by atoms with Gasteiger partial charge in [-0.25, -0.2) is 9.59 Å². The van der Waals surface area contributed by atoms with Gasteiger partial charge in [-0.15, -0.1) is 0 Å². The zero-order valence-electron chi connectivity index (χ0n) is 36.3. The van der Waals surface area contributed by atoms with Crippen LogP contribution in [0.15, 0.2) is 35.9 Å². The molecular weight excluding hydrogens is 715 g/mol. The van der Waals surface area contributed by atoms with Crippen molar-refractivity contribution in [1.82, 2.24) is 5.32 Å². The van der Waals surface area contributed by atoms with E-state index in [1.54, 1.807) is 23.8 Å². The molecule has 5 aliphatic rings. The molecule has 57 heavy (non-hydrogen) atoms. The molecule has 4 fully saturated rings. The Morgan fingerprint density at radius 2 is 1.37 bits per heavy atom. The van der Waals surface area contributed by atoms with Gasteiger partial charge in [-0.1, -0.05) is 111 Å². The number of carbonyl (C=O) groups is 4. The highest BCUT2D eigenvalue weighted by atomic mass is 16.5. The van der Waals surface area contributed by atoms with E-state index >= 15 is 0 Å². The lowest BCUT2D eigenvalue weighted by Crippen LogP contribution is -2.65. The fourth-order valence-electron chi connectivity index (χ4n) is 13.7. The summed E-state index contributed by atoms with van der Waals surface area (Å²) in [5, 5.41) is 22.0. The van der Waals surface area contributed by atoms with Crippen molar-refractivity contribution in [3.63, 3.8) is 0 Å². The molecule has 3 N–H and O–H groups in total. The van der Waals surface area contributed by atoms with E-state index in [0.29, 0.717) is 11.8 Å². The number of hydrogen-bond acceptors (Lipinski definition) is 5. The summed E-state index contributed by atoms with van der Waals surface area (Å²) >= 11 is 0. The third-order valence-electron chi connectivity index (χ3n) is 17.3. The number of unbranched alkanes of at least 4 members (excludes halogenated alkanes) is 7. The van der Waals surface area contributed by atoms with Crippen molar-refractivity contribution < 1.29 is 34.1 Å². The molecule has 0 heterocycles. The fraction of sp³-hybridized carbons (Fsp3) is 0.755. The first kappa shape index (κ1) is 43.4. The summed E-state index contributed by atoms with van der Waals surface area (Å²) < 4.78 is 6.26. The first-order valence-electron chi connectivity index (χ1n) is 22.6. The number of hydrogen-bond donors (Lipinski definition) is 3. The normalized spacial score (nSPS) is 35.0. The van der Waals surface area contributed by atoms with Crippen molar-refractivity contribution in [1.29, 1.82) is 0 Å². The van der Waals surface area contributed by atoms with Crippen molar-refractivity contribution in [2.45, 2.75) is 177 Å². The molecule has 8 nitrogen and oxygen atoms in total. The average molecular weight is 788 g/mol. The van der Waals surface area contributed by atoms with E-state index in [9.17, 15) is 24.3 Å². The highest BCUT2D eigenvalue weighted by Gasteiger charge is 2.69. The number of benzene rings is 1. The van der Waals surface area contributed by atoms with E-state index < -0.39 is 17.9 Å². The molecule has 8 heteroatoms. The number of carboxylic acid groups (broad SMARTS) is 2. The minimum absolute atomic E-state index is 0.00733. The van der Waals surface area contributed by atoms with Crippen molar-refractivity contribution >= 4 is 23.8 Å². The van der Waals surface area contributed by atoms with Crippen LogP contribution >= 0.6 is 0 Å². The Hall–Kier alpha value is -3.16.